The number of nitrogens with zero attached hydrogens (tertiary/aromatic N) is 2. The van der Waals surface area contributed by atoms with Crippen molar-refractivity contribution in [3.63, 3.8) is 0 Å². The van der Waals surface area contributed by atoms with Crippen LogP contribution in [0, 0.1) is 0 Å². The molecule has 0 saturated heterocycles. The van der Waals surface area contributed by atoms with Gasteiger partial charge in [-0.3, -0.25) is 4.99 Å². The Balaban J connectivity index is 2.75. The minimum Gasteiger partial charge on any atom is -0.280 e. The van der Waals surface area contributed by atoms with Gasteiger partial charge in [-0.15, -0.1) is 3.71 Å². The molecule has 15 heavy (non-hydrogen) atoms. The normalized spacial score (nSPS) is 22.7. The molecule has 1 aromatic carbocycles. The van der Waals surface area contributed by atoms with E-state index in [0.717, 1.165) is 17.0 Å². The maximum Gasteiger partial charge on any atom is 0.253 e. The van der Waals surface area contributed by atoms with Crippen LogP contribution in [0.5, 0.6) is 0 Å². The highest BCUT2D eigenvalue weighted by molar-refractivity contribution is 8.19. The molecule has 80 valence electrons. The van der Waals surface area contributed by atoms with Crippen molar-refractivity contribution < 1.29 is 8.42 Å². The average Bonchev–Trinajstić information content (AvgIpc) is 2.24. The largest absolute Gasteiger partial charge is 0.280 e. The number of hydrogen-bond donors (Lipinski definition) is 0. The van der Waals surface area contributed by atoms with Crippen molar-refractivity contribution in [1.29, 1.82) is 0 Å². The molecule has 4 nitrogen and oxygen atoms in total. The molecule has 0 fully saturated rings. The minimum absolute atomic E-state index is 0.326. The first kappa shape index (κ1) is 10.7. The van der Waals surface area contributed by atoms with Crippen LogP contribution in [-0.2, 0) is 10.0 Å². The van der Waals surface area contributed by atoms with Crippen LogP contribution >= 0.6 is 11.9 Å². The lowest BCUT2D eigenvalue weighted by Gasteiger charge is -2.24. The van der Waals surface area contributed by atoms with Gasteiger partial charge in [0.05, 0.1) is 4.90 Å². The zero-order chi connectivity index (χ0) is 11.1. The number of rotatable bonds is 0. The van der Waals surface area contributed by atoms with E-state index >= 15 is 0 Å². The summed E-state index contributed by atoms with van der Waals surface area (Å²) in [5, 5.41) is 0.725. The zero-order valence-corrected chi connectivity index (χ0v) is 9.97. The highest BCUT2D eigenvalue weighted by Gasteiger charge is 2.32. The predicted molar refractivity (Wildman–Crippen MR) is 61.4 cm³/mol. The van der Waals surface area contributed by atoms with Gasteiger partial charge in [-0.05, 0) is 18.0 Å². The van der Waals surface area contributed by atoms with Gasteiger partial charge in [0, 0.05) is 19.7 Å². The van der Waals surface area contributed by atoms with Crippen molar-refractivity contribution in [3.05, 3.63) is 29.8 Å². The molecular formula is C9H10N2O2S2. The summed E-state index contributed by atoms with van der Waals surface area (Å²) in [4.78, 5) is 4.40. The Morgan fingerprint density at radius 1 is 1.33 bits per heavy atom. The summed E-state index contributed by atoms with van der Waals surface area (Å²) >= 11 is 1.13. The van der Waals surface area contributed by atoms with Gasteiger partial charge in [-0.1, -0.05) is 18.2 Å². The molecule has 6 heteroatoms. The summed E-state index contributed by atoms with van der Waals surface area (Å²) in [6.45, 7) is 0. The van der Waals surface area contributed by atoms with Crippen molar-refractivity contribution in [1.82, 2.24) is 3.71 Å². The van der Waals surface area contributed by atoms with Crippen molar-refractivity contribution >= 4 is 27.0 Å². The van der Waals surface area contributed by atoms with Crippen LogP contribution in [0.4, 0.5) is 0 Å². The molecule has 1 aliphatic rings. The Morgan fingerprint density at radius 3 is 2.67 bits per heavy atom. The van der Waals surface area contributed by atoms with Crippen molar-refractivity contribution in [3.8, 4) is 0 Å². The molecule has 0 radical (unpaired) electrons. The molecule has 0 amide bonds. The summed E-state index contributed by atoms with van der Waals surface area (Å²) < 4.78 is 25.1. The molecule has 1 heterocycles. The van der Waals surface area contributed by atoms with Gasteiger partial charge in [0.2, 0.25) is 0 Å². The van der Waals surface area contributed by atoms with Gasteiger partial charge in [-0.2, -0.15) is 0 Å². The van der Waals surface area contributed by atoms with Crippen LogP contribution in [0.25, 0.3) is 0 Å². The second kappa shape index (κ2) is 3.62. The van der Waals surface area contributed by atoms with E-state index in [1.165, 1.54) is 10.8 Å². The number of aliphatic imine (C=N–C) groups is 1. The van der Waals surface area contributed by atoms with E-state index in [-0.39, 0.29) is 0 Å². The van der Waals surface area contributed by atoms with Crippen LogP contribution < -0.4 is 0 Å². The lowest BCUT2D eigenvalue weighted by Crippen LogP contribution is -2.28. The fraction of sp³-hybridized carbons (Fsp3) is 0.222. The van der Waals surface area contributed by atoms with Crippen LogP contribution in [0.15, 0.2) is 34.2 Å². The summed E-state index contributed by atoms with van der Waals surface area (Å²) in [7, 11) is -0.162. The Bertz CT molecular complexity index is 523. The van der Waals surface area contributed by atoms with Crippen molar-refractivity contribution in [2.75, 3.05) is 14.1 Å². The highest BCUT2D eigenvalue weighted by Crippen LogP contribution is 2.33. The Labute approximate surface area is 93.2 Å². The summed E-state index contributed by atoms with van der Waals surface area (Å²) in [5.41, 5.74) is 0.683. The zero-order valence-electron chi connectivity index (χ0n) is 8.34. The Hall–Kier alpha value is -0.850. The highest BCUT2D eigenvalue weighted by atomic mass is 32.3. The quantitative estimate of drug-likeness (QED) is 0.645. The van der Waals surface area contributed by atoms with Gasteiger partial charge >= 0.3 is 0 Å². The number of sulfonamides is 1. The molecule has 0 unspecified atom stereocenters. The van der Waals surface area contributed by atoms with E-state index in [2.05, 4.69) is 4.99 Å². The van der Waals surface area contributed by atoms with E-state index in [9.17, 15) is 8.42 Å². The molecular weight excluding hydrogens is 232 g/mol. The Morgan fingerprint density at radius 2 is 2.00 bits per heavy atom. The van der Waals surface area contributed by atoms with Gasteiger partial charge in [0.15, 0.2) is 0 Å². The first-order valence-corrected chi connectivity index (χ1v) is 6.52. The number of hydrogen-bond acceptors (Lipinski definition) is 4. The van der Waals surface area contributed by atoms with Gasteiger partial charge in [0.25, 0.3) is 10.0 Å². The topological polar surface area (TPSA) is 49.7 Å². The smallest absolute Gasteiger partial charge is 0.253 e. The van der Waals surface area contributed by atoms with E-state index in [0.29, 0.717) is 10.5 Å². The van der Waals surface area contributed by atoms with E-state index in [1.54, 1.807) is 25.2 Å². The molecule has 0 N–H and O–H groups in total. The molecule has 1 aromatic rings. The molecule has 0 aromatic heterocycles. The average molecular weight is 242 g/mol. The third-order valence-corrected chi connectivity index (χ3v) is 5.39. The first-order chi connectivity index (χ1) is 7.07. The molecule has 0 aliphatic carbocycles. The van der Waals surface area contributed by atoms with Gasteiger partial charge in [0.1, 0.15) is 5.04 Å². The third-order valence-electron chi connectivity index (χ3n) is 2.15. The molecule has 1 aliphatic heterocycles. The van der Waals surface area contributed by atoms with Crippen LogP contribution in [-0.4, -0.2) is 31.3 Å². The second-order valence-electron chi connectivity index (χ2n) is 3.03. The monoisotopic (exact) mass is 242 g/mol. The summed E-state index contributed by atoms with van der Waals surface area (Å²) in [5.74, 6) is 0. The standard InChI is InChI=1S/C9H10N2O2S2/c1-10-9-7-5-3-4-6-8(7)15(12,13)11(2)14-9/h3-6H,1-2H3. The fourth-order valence-corrected chi connectivity index (χ4v) is 3.87. The molecule has 0 saturated carbocycles. The Kier molecular flexibility index (Phi) is 2.57. The minimum atomic E-state index is -3.35. The maximum absolute atomic E-state index is 11.9. The van der Waals surface area contributed by atoms with E-state index in [4.69, 9.17) is 0 Å². The van der Waals surface area contributed by atoms with Crippen molar-refractivity contribution in [2.45, 2.75) is 4.90 Å². The fourth-order valence-electron chi connectivity index (χ4n) is 1.39. The maximum atomic E-state index is 11.9. The number of fused-ring (bicyclic) bond motifs is 1. The molecule has 0 spiro atoms. The predicted octanol–water partition coefficient (Wildman–Crippen LogP) is 1.35. The van der Waals surface area contributed by atoms with E-state index in [1.807, 2.05) is 6.07 Å². The molecule has 2 rings (SSSR count). The SMILES string of the molecule is CN=C1SN(C)S(=O)(=O)c2ccccc21. The van der Waals surface area contributed by atoms with Crippen LogP contribution in [0.3, 0.4) is 0 Å². The van der Waals surface area contributed by atoms with Gasteiger partial charge < -0.3 is 0 Å². The van der Waals surface area contributed by atoms with Crippen LogP contribution in [0.2, 0.25) is 0 Å². The first-order valence-electron chi connectivity index (χ1n) is 4.30. The van der Waals surface area contributed by atoms with E-state index < -0.39 is 10.0 Å². The molecule has 0 atom stereocenters. The third kappa shape index (κ3) is 1.58. The second-order valence-corrected chi connectivity index (χ2v) is 6.32. The van der Waals surface area contributed by atoms with Crippen LogP contribution in [0.1, 0.15) is 5.56 Å². The van der Waals surface area contributed by atoms with Crippen molar-refractivity contribution in [2.24, 2.45) is 4.99 Å². The lowest BCUT2D eigenvalue weighted by atomic mass is 10.2. The summed E-state index contributed by atoms with van der Waals surface area (Å²) in [6.07, 6.45) is 0. The summed E-state index contributed by atoms with van der Waals surface area (Å²) in [6, 6.07) is 6.90. The lowest BCUT2D eigenvalue weighted by molar-refractivity contribution is 0.564. The molecule has 0 bridgehead atoms. The van der Waals surface area contributed by atoms with Gasteiger partial charge in [-0.25, -0.2) is 8.42 Å². The number of benzene rings is 1.